The summed E-state index contributed by atoms with van der Waals surface area (Å²) in [5.74, 6) is -0.0939. The van der Waals surface area contributed by atoms with Crippen molar-refractivity contribution in [3.8, 4) is 0 Å². The van der Waals surface area contributed by atoms with Crippen LogP contribution in [0.5, 0.6) is 0 Å². The van der Waals surface area contributed by atoms with E-state index in [1.54, 1.807) is 6.08 Å². The van der Waals surface area contributed by atoms with E-state index in [2.05, 4.69) is 22.4 Å². The highest BCUT2D eigenvalue weighted by Crippen LogP contribution is 2.14. The molecule has 1 aliphatic heterocycles. The molecule has 1 unspecified atom stereocenters. The molecule has 1 aliphatic rings. The van der Waals surface area contributed by atoms with E-state index in [-0.39, 0.29) is 0 Å². The summed E-state index contributed by atoms with van der Waals surface area (Å²) in [5, 5.41) is 2.94. The first-order valence-electron chi connectivity index (χ1n) is 5.51. The van der Waals surface area contributed by atoms with Crippen LogP contribution in [0.15, 0.2) is 47.2 Å². The van der Waals surface area contributed by atoms with Gasteiger partial charge in [-0.15, -0.1) is 0 Å². The van der Waals surface area contributed by atoms with Crippen molar-refractivity contribution in [2.45, 2.75) is 18.6 Å². The van der Waals surface area contributed by atoms with Gasteiger partial charge in [0.15, 0.2) is 5.79 Å². The maximum absolute atomic E-state index is 6.09. The molecule has 0 amide bonds. The third kappa shape index (κ3) is 2.98. The molecule has 7 N–H and O–H groups in total. The summed E-state index contributed by atoms with van der Waals surface area (Å²) >= 11 is 0. The number of aliphatic imine (C=N–C) groups is 1. The van der Waals surface area contributed by atoms with Crippen LogP contribution in [0, 0.1) is 0 Å². The predicted molar refractivity (Wildman–Crippen MR) is 68.7 cm³/mol. The van der Waals surface area contributed by atoms with Crippen LogP contribution in [0.3, 0.4) is 0 Å². The zero-order valence-electron chi connectivity index (χ0n) is 9.56. The molecule has 0 bridgehead atoms. The van der Waals surface area contributed by atoms with Crippen molar-refractivity contribution in [1.82, 2.24) is 5.32 Å². The maximum Gasteiger partial charge on any atom is 0.185 e. The lowest BCUT2D eigenvalue weighted by Crippen LogP contribution is -2.56. The van der Waals surface area contributed by atoms with E-state index in [9.17, 15) is 0 Å². The molecule has 5 heteroatoms. The van der Waals surface area contributed by atoms with Crippen LogP contribution >= 0.6 is 0 Å². The van der Waals surface area contributed by atoms with Crippen molar-refractivity contribution in [3.05, 3.63) is 47.8 Å². The van der Waals surface area contributed by atoms with E-state index in [0.717, 1.165) is 6.42 Å². The van der Waals surface area contributed by atoms with Gasteiger partial charge in [-0.1, -0.05) is 30.3 Å². The number of nitrogens with zero attached hydrogens (tertiary/aromatic N) is 1. The van der Waals surface area contributed by atoms with Gasteiger partial charge in [0.25, 0.3) is 0 Å². The summed E-state index contributed by atoms with van der Waals surface area (Å²) in [4.78, 5) is 4.18. The highest BCUT2D eigenvalue weighted by atomic mass is 15.3. The zero-order valence-corrected chi connectivity index (χ0v) is 9.56. The van der Waals surface area contributed by atoms with Gasteiger partial charge in [-0.25, -0.2) is 4.99 Å². The number of aryl methyl sites for hydroxylation is 1. The standard InChI is InChI=1S/C12H17N5/c13-10-8-11(14)17-12(15,16-10)7-6-9-4-2-1-3-5-9/h1-5,8,16H,6-7,13,15H2,(H2,14,17). The monoisotopic (exact) mass is 231 g/mol. The van der Waals surface area contributed by atoms with Crippen molar-refractivity contribution in [2.75, 3.05) is 0 Å². The predicted octanol–water partition coefficient (Wildman–Crippen LogP) is -0.00780. The fourth-order valence-corrected chi connectivity index (χ4v) is 1.83. The average molecular weight is 231 g/mol. The average Bonchev–Trinajstić information content (AvgIpc) is 2.26. The molecule has 0 fully saturated rings. The maximum atomic E-state index is 6.09. The Morgan fingerprint density at radius 1 is 1.18 bits per heavy atom. The number of nitrogens with two attached hydrogens (primary N) is 3. The highest BCUT2D eigenvalue weighted by Gasteiger charge is 2.26. The molecule has 1 aromatic carbocycles. The minimum atomic E-state index is -0.904. The van der Waals surface area contributed by atoms with E-state index in [4.69, 9.17) is 17.2 Å². The first kappa shape index (κ1) is 11.5. The van der Waals surface area contributed by atoms with Gasteiger partial charge in [-0.05, 0) is 12.0 Å². The number of nitrogens with one attached hydrogen (secondary N) is 1. The molecule has 0 saturated heterocycles. The molecule has 0 aliphatic carbocycles. The first-order chi connectivity index (χ1) is 8.07. The van der Waals surface area contributed by atoms with Crippen LogP contribution in [0.25, 0.3) is 0 Å². The normalized spacial score (nSPS) is 23.6. The summed E-state index contributed by atoms with van der Waals surface area (Å²) in [6, 6.07) is 10.1. The molecule has 1 atom stereocenters. The van der Waals surface area contributed by atoms with Gasteiger partial charge in [0.2, 0.25) is 0 Å². The van der Waals surface area contributed by atoms with E-state index >= 15 is 0 Å². The Balaban J connectivity index is 2.02. The number of amidine groups is 1. The molecule has 90 valence electrons. The quantitative estimate of drug-likeness (QED) is 0.587. The largest absolute Gasteiger partial charge is 0.385 e. The Bertz CT molecular complexity index is 451. The molecular weight excluding hydrogens is 214 g/mol. The second-order valence-corrected chi connectivity index (χ2v) is 4.17. The molecule has 1 aromatic rings. The third-order valence-electron chi connectivity index (χ3n) is 2.63. The van der Waals surface area contributed by atoms with Crippen LogP contribution in [0.1, 0.15) is 12.0 Å². The van der Waals surface area contributed by atoms with E-state index in [1.165, 1.54) is 5.56 Å². The minimum Gasteiger partial charge on any atom is -0.385 e. The minimum absolute atomic E-state index is 0.358. The van der Waals surface area contributed by atoms with Crippen LogP contribution in [0.4, 0.5) is 0 Å². The molecular formula is C12H17N5. The number of benzene rings is 1. The van der Waals surface area contributed by atoms with Crippen LogP contribution in [-0.2, 0) is 6.42 Å². The zero-order chi connectivity index (χ0) is 12.3. The second-order valence-electron chi connectivity index (χ2n) is 4.17. The van der Waals surface area contributed by atoms with Crippen molar-refractivity contribution in [1.29, 1.82) is 0 Å². The van der Waals surface area contributed by atoms with Crippen LogP contribution in [-0.4, -0.2) is 11.6 Å². The second kappa shape index (κ2) is 4.47. The highest BCUT2D eigenvalue weighted by molar-refractivity contribution is 5.92. The summed E-state index contributed by atoms with van der Waals surface area (Å²) in [6.45, 7) is 0. The Labute approximate surface area is 100 Å². The van der Waals surface area contributed by atoms with E-state index in [1.807, 2.05) is 18.2 Å². The number of hydrogen-bond acceptors (Lipinski definition) is 5. The molecule has 5 nitrogen and oxygen atoms in total. The smallest absolute Gasteiger partial charge is 0.185 e. The van der Waals surface area contributed by atoms with Gasteiger partial charge in [0.05, 0.1) is 0 Å². The van der Waals surface area contributed by atoms with Crippen molar-refractivity contribution < 1.29 is 0 Å². The lowest BCUT2D eigenvalue weighted by Gasteiger charge is -2.30. The van der Waals surface area contributed by atoms with Gasteiger partial charge in [-0.2, -0.15) is 0 Å². The van der Waals surface area contributed by atoms with Gasteiger partial charge in [0.1, 0.15) is 11.7 Å². The van der Waals surface area contributed by atoms with Gasteiger partial charge < -0.3 is 16.8 Å². The van der Waals surface area contributed by atoms with Crippen LogP contribution < -0.4 is 22.5 Å². The van der Waals surface area contributed by atoms with Crippen LogP contribution in [0.2, 0.25) is 0 Å². The Kier molecular flexibility index (Phi) is 3.01. The van der Waals surface area contributed by atoms with Gasteiger partial charge in [-0.3, -0.25) is 5.73 Å². The Morgan fingerprint density at radius 2 is 1.88 bits per heavy atom. The molecule has 1 heterocycles. The van der Waals surface area contributed by atoms with Crippen molar-refractivity contribution >= 4 is 5.84 Å². The Morgan fingerprint density at radius 3 is 2.53 bits per heavy atom. The van der Waals surface area contributed by atoms with E-state index in [0.29, 0.717) is 18.1 Å². The summed E-state index contributed by atoms with van der Waals surface area (Å²) < 4.78 is 0. The number of hydrogen-bond donors (Lipinski definition) is 4. The van der Waals surface area contributed by atoms with Gasteiger partial charge in [0, 0.05) is 12.5 Å². The Hall–Kier alpha value is -2.01. The van der Waals surface area contributed by atoms with E-state index < -0.39 is 5.79 Å². The molecule has 0 aromatic heterocycles. The lowest BCUT2D eigenvalue weighted by atomic mass is 10.1. The van der Waals surface area contributed by atoms with Crippen molar-refractivity contribution in [3.63, 3.8) is 0 Å². The topological polar surface area (TPSA) is 102 Å². The summed E-state index contributed by atoms with van der Waals surface area (Å²) in [7, 11) is 0. The SMILES string of the molecule is NC1=CC(N)=NC(N)(CCc2ccccc2)N1. The first-order valence-corrected chi connectivity index (χ1v) is 5.51. The van der Waals surface area contributed by atoms with Gasteiger partial charge >= 0.3 is 0 Å². The fourth-order valence-electron chi connectivity index (χ4n) is 1.83. The number of rotatable bonds is 3. The molecule has 0 saturated carbocycles. The molecule has 17 heavy (non-hydrogen) atoms. The summed E-state index contributed by atoms with van der Waals surface area (Å²) in [6.07, 6.45) is 3.01. The fraction of sp³-hybridized carbons (Fsp3) is 0.250. The lowest BCUT2D eigenvalue weighted by molar-refractivity contribution is 0.350. The molecule has 0 radical (unpaired) electrons. The summed E-state index contributed by atoms with van der Waals surface area (Å²) in [5.41, 5.74) is 18.6. The third-order valence-corrected chi connectivity index (χ3v) is 2.63. The molecule has 2 rings (SSSR count). The molecule has 0 spiro atoms. The van der Waals surface area contributed by atoms with Crippen molar-refractivity contribution in [2.24, 2.45) is 22.2 Å².